The van der Waals surface area contributed by atoms with E-state index >= 15 is 0 Å². The van der Waals surface area contributed by atoms with Gasteiger partial charge in [-0.1, -0.05) is 0 Å². The zero-order chi connectivity index (χ0) is 10.4. The van der Waals surface area contributed by atoms with Crippen molar-refractivity contribution in [3.05, 3.63) is 53.1 Å². The summed E-state index contributed by atoms with van der Waals surface area (Å²) in [6.45, 7) is 2.22. The van der Waals surface area contributed by atoms with Crippen molar-refractivity contribution >= 4 is 34.6 Å². The normalized spacial score (nSPS) is 19.1. The molecular formula is C14H11Li. The molecule has 0 bridgehead atoms. The summed E-state index contributed by atoms with van der Waals surface area (Å²) in [7, 11) is 0. The van der Waals surface area contributed by atoms with E-state index in [1.165, 1.54) is 27.5 Å². The average molecular weight is 186 g/mol. The van der Waals surface area contributed by atoms with Crippen LogP contribution < -0.4 is 0 Å². The Morgan fingerprint density at radius 3 is 2.73 bits per heavy atom. The van der Waals surface area contributed by atoms with Gasteiger partial charge in [-0.2, -0.15) is 0 Å². The minimum atomic E-state index is 0.588. The van der Waals surface area contributed by atoms with Gasteiger partial charge in [0.2, 0.25) is 0 Å². The Hall–Kier alpha value is -0.963. The number of rotatable bonds is 0. The summed E-state index contributed by atoms with van der Waals surface area (Å²) in [5.41, 5.74) is 4.38. The molecule has 1 atom stereocenters. The summed E-state index contributed by atoms with van der Waals surface area (Å²) in [5, 5.41) is 2.73. The predicted octanol–water partition coefficient (Wildman–Crippen LogP) is 3.47. The summed E-state index contributed by atoms with van der Waals surface area (Å²) < 4.78 is 0.588. The SMILES string of the molecule is [Li][CH]1C(C)=Cc2c1ccc1ccccc21. The molecule has 15 heavy (non-hydrogen) atoms. The van der Waals surface area contributed by atoms with Crippen molar-refractivity contribution in [3.8, 4) is 0 Å². The van der Waals surface area contributed by atoms with E-state index in [-0.39, 0.29) is 0 Å². The molecule has 0 amide bonds. The zero-order valence-corrected chi connectivity index (χ0v) is 9.12. The fourth-order valence-corrected chi connectivity index (χ4v) is 2.45. The first-order valence-electron chi connectivity index (χ1n) is 5.47. The fourth-order valence-electron chi connectivity index (χ4n) is 2.45. The third kappa shape index (κ3) is 1.29. The third-order valence-corrected chi connectivity index (χ3v) is 3.53. The van der Waals surface area contributed by atoms with Gasteiger partial charge in [0.05, 0.1) is 0 Å². The molecule has 1 aliphatic rings. The molecule has 3 rings (SSSR count). The molecule has 0 aromatic heterocycles. The molecule has 0 heterocycles. The van der Waals surface area contributed by atoms with Crippen molar-refractivity contribution in [2.45, 2.75) is 11.5 Å². The van der Waals surface area contributed by atoms with Crippen LogP contribution in [0.15, 0.2) is 42.0 Å². The van der Waals surface area contributed by atoms with E-state index in [1.54, 1.807) is 0 Å². The molecule has 1 unspecified atom stereocenters. The molecule has 0 nitrogen and oxygen atoms in total. The molecule has 0 fully saturated rings. The monoisotopic (exact) mass is 186 g/mol. The van der Waals surface area contributed by atoms with E-state index in [2.05, 4.69) is 67.1 Å². The van der Waals surface area contributed by atoms with Crippen molar-refractivity contribution in [1.82, 2.24) is 0 Å². The van der Waals surface area contributed by atoms with E-state index in [9.17, 15) is 0 Å². The van der Waals surface area contributed by atoms with Crippen LogP contribution in [0.3, 0.4) is 0 Å². The molecule has 0 N–H and O–H groups in total. The van der Waals surface area contributed by atoms with E-state index in [1.807, 2.05) is 0 Å². The second-order valence-corrected chi connectivity index (χ2v) is 4.40. The van der Waals surface area contributed by atoms with Gasteiger partial charge in [-0.25, -0.2) is 0 Å². The second-order valence-electron chi connectivity index (χ2n) is 4.40. The quantitative estimate of drug-likeness (QED) is 0.552. The van der Waals surface area contributed by atoms with Crippen LogP contribution in [-0.4, -0.2) is 17.7 Å². The summed E-state index contributed by atoms with van der Waals surface area (Å²) >= 11 is 2.28. The number of benzene rings is 2. The Kier molecular flexibility index (Phi) is 2.02. The van der Waals surface area contributed by atoms with Crippen molar-refractivity contribution in [1.29, 1.82) is 0 Å². The van der Waals surface area contributed by atoms with Gasteiger partial charge in [0.1, 0.15) is 0 Å². The maximum absolute atomic E-state index is 2.34. The summed E-state index contributed by atoms with van der Waals surface area (Å²) in [6, 6.07) is 13.1. The fraction of sp³-hybridized carbons (Fsp3) is 0.143. The number of hydrogen-bond acceptors (Lipinski definition) is 0. The van der Waals surface area contributed by atoms with Gasteiger partial charge >= 0.3 is 99.2 Å². The van der Waals surface area contributed by atoms with Crippen LogP contribution in [-0.2, 0) is 0 Å². The third-order valence-electron chi connectivity index (χ3n) is 3.53. The van der Waals surface area contributed by atoms with Gasteiger partial charge in [0, 0.05) is 0 Å². The van der Waals surface area contributed by atoms with Crippen molar-refractivity contribution < 1.29 is 0 Å². The van der Waals surface area contributed by atoms with Gasteiger partial charge in [-0.3, -0.25) is 0 Å². The van der Waals surface area contributed by atoms with Crippen LogP contribution in [0, 0.1) is 0 Å². The van der Waals surface area contributed by atoms with Gasteiger partial charge in [0.25, 0.3) is 0 Å². The number of hydrogen-bond donors (Lipinski definition) is 0. The van der Waals surface area contributed by atoms with Crippen LogP contribution in [0.1, 0.15) is 22.6 Å². The van der Waals surface area contributed by atoms with Gasteiger partial charge < -0.3 is 0 Å². The summed E-state index contributed by atoms with van der Waals surface area (Å²) in [4.78, 5) is 0. The first-order chi connectivity index (χ1) is 7.27. The number of allylic oxidation sites excluding steroid dienone is 1. The Morgan fingerprint density at radius 2 is 1.87 bits per heavy atom. The summed E-state index contributed by atoms with van der Waals surface area (Å²) in [5.74, 6) is 0. The first-order valence-corrected chi connectivity index (χ1v) is 5.47. The van der Waals surface area contributed by atoms with E-state index in [0.29, 0.717) is 4.59 Å². The van der Waals surface area contributed by atoms with Gasteiger partial charge in [0.15, 0.2) is 0 Å². The van der Waals surface area contributed by atoms with Gasteiger partial charge in [-0.15, -0.1) is 0 Å². The molecule has 0 aliphatic heterocycles. The number of fused-ring (bicyclic) bond motifs is 3. The standard InChI is InChI=1S/C14H11.Li/c1-10-8-12-7-6-11-4-2-3-5-13(11)14(12)9-10;/h2-9H,1H3;. The van der Waals surface area contributed by atoms with Crippen LogP contribution >= 0.6 is 0 Å². The molecule has 2 aromatic rings. The van der Waals surface area contributed by atoms with Crippen molar-refractivity contribution in [2.24, 2.45) is 0 Å². The van der Waals surface area contributed by atoms with Crippen LogP contribution in [0.4, 0.5) is 0 Å². The maximum atomic E-state index is 2.34. The van der Waals surface area contributed by atoms with E-state index in [4.69, 9.17) is 0 Å². The van der Waals surface area contributed by atoms with Crippen LogP contribution in [0.5, 0.6) is 0 Å². The van der Waals surface area contributed by atoms with Crippen LogP contribution in [0.2, 0.25) is 0 Å². The van der Waals surface area contributed by atoms with E-state index < -0.39 is 0 Å². The Bertz CT molecular complexity index is 567. The molecule has 2 aromatic carbocycles. The molecule has 0 spiro atoms. The topological polar surface area (TPSA) is 0 Å². The Balaban J connectivity index is 2.41. The average Bonchev–Trinajstić information content (AvgIpc) is 2.56. The molecule has 0 saturated carbocycles. The second kappa shape index (κ2) is 3.27. The predicted molar refractivity (Wildman–Crippen MR) is 66.1 cm³/mol. The molecule has 0 saturated heterocycles. The zero-order valence-electron chi connectivity index (χ0n) is 9.12. The first kappa shape index (κ1) is 9.28. The Labute approximate surface area is 99.2 Å². The molecule has 0 radical (unpaired) electrons. The van der Waals surface area contributed by atoms with Crippen molar-refractivity contribution in [2.75, 3.05) is 0 Å². The molecular weight excluding hydrogens is 175 g/mol. The van der Waals surface area contributed by atoms with Crippen LogP contribution in [0.25, 0.3) is 16.8 Å². The minimum absolute atomic E-state index is 0.588. The van der Waals surface area contributed by atoms with Gasteiger partial charge in [-0.05, 0) is 0 Å². The Morgan fingerprint density at radius 1 is 1.07 bits per heavy atom. The molecule has 1 aliphatic carbocycles. The molecule has 1 heteroatoms. The molecule has 68 valence electrons. The van der Waals surface area contributed by atoms with Crippen molar-refractivity contribution in [3.63, 3.8) is 0 Å². The van der Waals surface area contributed by atoms with E-state index in [0.717, 1.165) is 0 Å². The summed E-state index contributed by atoms with van der Waals surface area (Å²) in [6.07, 6.45) is 2.34.